The third-order valence-electron chi connectivity index (χ3n) is 2.64. The number of carboxylic acid groups (broad SMARTS) is 1. The number of anilines is 1. The fourth-order valence-electron chi connectivity index (χ4n) is 1.67. The molecule has 16 heavy (non-hydrogen) atoms. The van der Waals surface area contributed by atoms with Crippen LogP contribution in [0.1, 0.15) is 36.8 Å². The SMILES string of the molecule is CCc1cc(C(=O)O)c(N(CC)CC)cn1. The van der Waals surface area contributed by atoms with Crippen molar-refractivity contribution in [3.8, 4) is 0 Å². The van der Waals surface area contributed by atoms with E-state index in [2.05, 4.69) is 4.98 Å². The van der Waals surface area contributed by atoms with Gasteiger partial charge in [-0.1, -0.05) is 6.92 Å². The van der Waals surface area contributed by atoms with Crippen LogP contribution in [0.3, 0.4) is 0 Å². The molecule has 1 aromatic rings. The smallest absolute Gasteiger partial charge is 0.337 e. The van der Waals surface area contributed by atoms with Crippen molar-refractivity contribution in [3.63, 3.8) is 0 Å². The number of aromatic carboxylic acids is 1. The monoisotopic (exact) mass is 222 g/mol. The van der Waals surface area contributed by atoms with Gasteiger partial charge in [0, 0.05) is 18.8 Å². The molecule has 0 spiro atoms. The van der Waals surface area contributed by atoms with E-state index in [1.807, 2.05) is 25.7 Å². The Labute approximate surface area is 95.9 Å². The third kappa shape index (κ3) is 2.51. The predicted molar refractivity (Wildman–Crippen MR) is 64.1 cm³/mol. The standard InChI is InChI=1S/C12H18N2O2/c1-4-9-7-10(12(15)16)11(8-13-9)14(5-2)6-3/h7-8H,4-6H2,1-3H3,(H,15,16). The number of nitrogens with zero attached hydrogens (tertiary/aromatic N) is 2. The second-order valence-corrected chi connectivity index (χ2v) is 3.52. The largest absolute Gasteiger partial charge is 0.478 e. The van der Waals surface area contributed by atoms with E-state index in [0.29, 0.717) is 11.3 Å². The van der Waals surface area contributed by atoms with E-state index in [1.165, 1.54) is 0 Å². The van der Waals surface area contributed by atoms with Crippen molar-refractivity contribution in [1.82, 2.24) is 4.98 Å². The van der Waals surface area contributed by atoms with Crippen molar-refractivity contribution in [2.75, 3.05) is 18.0 Å². The molecule has 0 saturated heterocycles. The second kappa shape index (κ2) is 5.49. The van der Waals surface area contributed by atoms with Gasteiger partial charge in [0.1, 0.15) is 0 Å². The number of aryl methyl sites for hydroxylation is 1. The highest BCUT2D eigenvalue weighted by Crippen LogP contribution is 2.20. The highest BCUT2D eigenvalue weighted by molar-refractivity contribution is 5.94. The maximum atomic E-state index is 11.2. The van der Waals surface area contributed by atoms with Crippen LogP contribution in [0.2, 0.25) is 0 Å². The predicted octanol–water partition coefficient (Wildman–Crippen LogP) is 2.19. The number of carboxylic acids is 1. The molecule has 4 nitrogen and oxygen atoms in total. The third-order valence-corrected chi connectivity index (χ3v) is 2.64. The Kier molecular flexibility index (Phi) is 4.28. The Bertz CT molecular complexity index is 373. The minimum atomic E-state index is -0.890. The summed E-state index contributed by atoms with van der Waals surface area (Å²) in [6.45, 7) is 7.53. The lowest BCUT2D eigenvalue weighted by Crippen LogP contribution is -2.24. The Morgan fingerprint density at radius 2 is 2.00 bits per heavy atom. The zero-order chi connectivity index (χ0) is 12.1. The summed E-state index contributed by atoms with van der Waals surface area (Å²) in [5.74, 6) is -0.890. The highest BCUT2D eigenvalue weighted by atomic mass is 16.4. The Morgan fingerprint density at radius 1 is 1.38 bits per heavy atom. The first-order valence-electron chi connectivity index (χ1n) is 5.61. The van der Waals surface area contributed by atoms with Gasteiger partial charge in [0.15, 0.2) is 0 Å². The van der Waals surface area contributed by atoms with Crippen LogP contribution in [-0.4, -0.2) is 29.1 Å². The zero-order valence-corrected chi connectivity index (χ0v) is 10.0. The van der Waals surface area contributed by atoms with Gasteiger partial charge in [-0.25, -0.2) is 4.79 Å². The number of carbonyl (C=O) groups is 1. The number of hydrogen-bond acceptors (Lipinski definition) is 3. The van der Waals surface area contributed by atoms with E-state index in [1.54, 1.807) is 12.3 Å². The molecule has 1 heterocycles. The van der Waals surface area contributed by atoms with Crippen molar-refractivity contribution < 1.29 is 9.90 Å². The molecule has 0 atom stereocenters. The van der Waals surface area contributed by atoms with Crippen LogP contribution in [0, 0.1) is 0 Å². The fourth-order valence-corrected chi connectivity index (χ4v) is 1.67. The molecule has 0 aliphatic heterocycles. The lowest BCUT2D eigenvalue weighted by atomic mass is 10.1. The molecule has 0 saturated carbocycles. The Morgan fingerprint density at radius 3 is 2.44 bits per heavy atom. The van der Waals surface area contributed by atoms with Crippen LogP contribution in [0.5, 0.6) is 0 Å². The molecule has 1 aromatic heterocycles. The minimum Gasteiger partial charge on any atom is -0.478 e. The number of pyridine rings is 1. The average molecular weight is 222 g/mol. The van der Waals surface area contributed by atoms with Crippen LogP contribution >= 0.6 is 0 Å². The molecule has 4 heteroatoms. The molecule has 0 unspecified atom stereocenters. The number of rotatable bonds is 5. The summed E-state index contributed by atoms with van der Waals surface area (Å²) in [5, 5.41) is 9.17. The van der Waals surface area contributed by atoms with Crippen LogP contribution in [0.4, 0.5) is 5.69 Å². The molecule has 0 radical (unpaired) electrons. The van der Waals surface area contributed by atoms with E-state index in [-0.39, 0.29) is 0 Å². The maximum absolute atomic E-state index is 11.2. The molecule has 0 fully saturated rings. The molecule has 0 amide bonds. The normalized spacial score (nSPS) is 10.2. The van der Waals surface area contributed by atoms with Crippen molar-refractivity contribution in [3.05, 3.63) is 23.5 Å². The molecule has 1 rings (SSSR count). The maximum Gasteiger partial charge on any atom is 0.337 e. The van der Waals surface area contributed by atoms with Crippen molar-refractivity contribution >= 4 is 11.7 Å². The van der Waals surface area contributed by atoms with Crippen LogP contribution in [-0.2, 0) is 6.42 Å². The lowest BCUT2D eigenvalue weighted by Gasteiger charge is -2.22. The van der Waals surface area contributed by atoms with E-state index in [9.17, 15) is 9.90 Å². The first-order valence-corrected chi connectivity index (χ1v) is 5.61. The molecule has 88 valence electrons. The molecule has 0 aliphatic rings. The van der Waals surface area contributed by atoms with Crippen LogP contribution in [0.15, 0.2) is 12.3 Å². The van der Waals surface area contributed by atoms with Gasteiger partial charge >= 0.3 is 5.97 Å². The quantitative estimate of drug-likeness (QED) is 0.829. The van der Waals surface area contributed by atoms with E-state index >= 15 is 0 Å². The summed E-state index contributed by atoms with van der Waals surface area (Å²) in [6, 6.07) is 1.66. The van der Waals surface area contributed by atoms with Gasteiger partial charge in [0.05, 0.1) is 17.4 Å². The molecule has 0 aliphatic carbocycles. The summed E-state index contributed by atoms with van der Waals surface area (Å²) in [7, 11) is 0. The fraction of sp³-hybridized carbons (Fsp3) is 0.500. The van der Waals surface area contributed by atoms with E-state index in [0.717, 1.165) is 25.2 Å². The van der Waals surface area contributed by atoms with E-state index < -0.39 is 5.97 Å². The van der Waals surface area contributed by atoms with Crippen molar-refractivity contribution in [1.29, 1.82) is 0 Å². The van der Waals surface area contributed by atoms with Crippen LogP contribution < -0.4 is 4.90 Å². The van der Waals surface area contributed by atoms with Gasteiger partial charge in [0.2, 0.25) is 0 Å². The summed E-state index contributed by atoms with van der Waals surface area (Å²) >= 11 is 0. The van der Waals surface area contributed by atoms with Gasteiger partial charge < -0.3 is 10.0 Å². The van der Waals surface area contributed by atoms with Crippen molar-refractivity contribution in [2.45, 2.75) is 27.2 Å². The molecule has 1 N–H and O–H groups in total. The number of hydrogen-bond donors (Lipinski definition) is 1. The molecular formula is C12H18N2O2. The first kappa shape index (κ1) is 12.5. The van der Waals surface area contributed by atoms with Gasteiger partial charge in [-0.2, -0.15) is 0 Å². The van der Waals surface area contributed by atoms with Gasteiger partial charge in [-0.3, -0.25) is 4.98 Å². The Hall–Kier alpha value is -1.58. The minimum absolute atomic E-state index is 0.343. The summed E-state index contributed by atoms with van der Waals surface area (Å²) in [5.41, 5.74) is 1.86. The summed E-state index contributed by atoms with van der Waals surface area (Å²) in [6.07, 6.45) is 2.41. The average Bonchev–Trinajstić information content (AvgIpc) is 2.30. The lowest BCUT2D eigenvalue weighted by molar-refractivity contribution is 0.0697. The van der Waals surface area contributed by atoms with Gasteiger partial charge in [-0.15, -0.1) is 0 Å². The topological polar surface area (TPSA) is 53.4 Å². The summed E-state index contributed by atoms with van der Waals surface area (Å²) in [4.78, 5) is 17.4. The molecular weight excluding hydrogens is 204 g/mol. The highest BCUT2D eigenvalue weighted by Gasteiger charge is 2.15. The zero-order valence-electron chi connectivity index (χ0n) is 10.0. The summed E-state index contributed by atoms with van der Waals surface area (Å²) < 4.78 is 0. The molecule has 0 aromatic carbocycles. The molecule has 0 bridgehead atoms. The Balaban J connectivity index is 3.21. The second-order valence-electron chi connectivity index (χ2n) is 3.52. The van der Waals surface area contributed by atoms with Crippen LogP contribution in [0.25, 0.3) is 0 Å². The first-order chi connectivity index (χ1) is 7.63. The number of aromatic nitrogens is 1. The van der Waals surface area contributed by atoms with E-state index in [4.69, 9.17) is 0 Å². The van der Waals surface area contributed by atoms with Crippen molar-refractivity contribution in [2.24, 2.45) is 0 Å². The van der Waals surface area contributed by atoms with Gasteiger partial charge in [0.25, 0.3) is 0 Å². The van der Waals surface area contributed by atoms with Gasteiger partial charge in [-0.05, 0) is 26.3 Å².